The molecule has 3 rings (SSSR count). The van der Waals surface area contributed by atoms with Gasteiger partial charge in [0.25, 0.3) is 0 Å². The largest absolute Gasteiger partial charge is 0.436 e. The van der Waals surface area contributed by atoms with E-state index in [-0.39, 0.29) is 0 Å². The SMILES string of the molecule is Cc1ccc2oc(-c3c(Cl)ccc(Cl)c3N)nc2c1. The number of aryl methyl sites for hydroxylation is 1. The monoisotopic (exact) mass is 292 g/mol. The van der Waals surface area contributed by atoms with Gasteiger partial charge in [0.05, 0.1) is 21.3 Å². The molecule has 1 aromatic heterocycles. The third-order valence-electron chi connectivity index (χ3n) is 2.90. The van der Waals surface area contributed by atoms with Gasteiger partial charge in [0.1, 0.15) is 5.52 Å². The molecule has 0 aliphatic heterocycles. The number of nitrogens with two attached hydrogens (primary N) is 1. The highest BCUT2D eigenvalue weighted by molar-refractivity contribution is 6.37. The van der Waals surface area contributed by atoms with E-state index in [1.54, 1.807) is 12.1 Å². The summed E-state index contributed by atoms with van der Waals surface area (Å²) in [5, 5.41) is 0.892. The van der Waals surface area contributed by atoms with Crippen LogP contribution in [0.1, 0.15) is 5.56 Å². The molecule has 96 valence electrons. The van der Waals surface area contributed by atoms with Gasteiger partial charge in [0.2, 0.25) is 5.89 Å². The summed E-state index contributed by atoms with van der Waals surface area (Å²) in [5.74, 6) is 0.380. The van der Waals surface area contributed by atoms with Crippen molar-refractivity contribution in [3.8, 4) is 11.5 Å². The Morgan fingerprint density at radius 2 is 1.84 bits per heavy atom. The Bertz CT molecular complexity index is 780. The lowest BCUT2D eigenvalue weighted by molar-refractivity contribution is 0.620. The first kappa shape index (κ1) is 12.3. The number of halogens is 2. The lowest BCUT2D eigenvalue weighted by Gasteiger charge is -2.05. The second-order valence-electron chi connectivity index (χ2n) is 4.31. The van der Waals surface area contributed by atoms with Crippen molar-refractivity contribution in [3.63, 3.8) is 0 Å². The van der Waals surface area contributed by atoms with Crippen LogP contribution in [0, 0.1) is 6.92 Å². The van der Waals surface area contributed by atoms with E-state index >= 15 is 0 Å². The molecule has 0 atom stereocenters. The first-order valence-corrected chi connectivity index (χ1v) is 6.43. The molecule has 0 saturated carbocycles. The highest BCUT2D eigenvalue weighted by atomic mass is 35.5. The molecule has 3 nitrogen and oxygen atoms in total. The Labute approximate surface area is 119 Å². The van der Waals surface area contributed by atoms with Crippen molar-refractivity contribution >= 4 is 40.0 Å². The number of anilines is 1. The Morgan fingerprint density at radius 1 is 1.11 bits per heavy atom. The quantitative estimate of drug-likeness (QED) is 0.662. The smallest absolute Gasteiger partial charge is 0.230 e. The number of aromatic nitrogens is 1. The molecule has 0 amide bonds. The summed E-state index contributed by atoms with van der Waals surface area (Å²) in [6, 6.07) is 9.10. The van der Waals surface area contributed by atoms with Crippen LogP contribution in [0.5, 0.6) is 0 Å². The molecule has 0 saturated heterocycles. The zero-order valence-corrected chi connectivity index (χ0v) is 11.6. The van der Waals surface area contributed by atoms with E-state index in [1.165, 1.54) is 0 Å². The fraction of sp³-hybridized carbons (Fsp3) is 0.0714. The minimum absolute atomic E-state index is 0.373. The minimum atomic E-state index is 0.373. The van der Waals surface area contributed by atoms with Gasteiger partial charge in [0.15, 0.2) is 5.58 Å². The van der Waals surface area contributed by atoms with Gasteiger partial charge >= 0.3 is 0 Å². The van der Waals surface area contributed by atoms with Gasteiger partial charge in [0, 0.05) is 0 Å². The van der Waals surface area contributed by atoms with Gasteiger partial charge in [-0.3, -0.25) is 0 Å². The van der Waals surface area contributed by atoms with Crippen molar-refractivity contribution < 1.29 is 4.42 Å². The minimum Gasteiger partial charge on any atom is -0.436 e. The molecule has 0 fully saturated rings. The van der Waals surface area contributed by atoms with Crippen LogP contribution < -0.4 is 5.73 Å². The van der Waals surface area contributed by atoms with E-state index in [1.807, 2.05) is 25.1 Å². The number of hydrogen-bond donors (Lipinski definition) is 1. The van der Waals surface area contributed by atoms with Crippen LogP contribution in [0.2, 0.25) is 10.0 Å². The molecular formula is C14H10Cl2N2O. The standard InChI is InChI=1S/C14H10Cl2N2O/c1-7-2-5-11-10(6-7)18-14(19-11)12-8(15)3-4-9(16)13(12)17/h2-6H,17H2,1H3. The molecule has 2 aromatic carbocycles. The molecule has 0 bridgehead atoms. The van der Waals surface area contributed by atoms with Crippen LogP contribution >= 0.6 is 23.2 Å². The topological polar surface area (TPSA) is 52.0 Å². The Balaban J connectivity index is 2.27. The van der Waals surface area contributed by atoms with Crippen molar-refractivity contribution in [1.82, 2.24) is 4.98 Å². The highest BCUT2D eigenvalue weighted by Crippen LogP contribution is 2.38. The van der Waals surface area contributed by atoms with Crippen molar-refractivity contribution in [2.24, 2.45) is 0 Å². The molecule has 3 aromatic rings. The number of rotatable bonds is 1. The lowest BCUT2D eigenvalue weighted by atomic mass is 10.2. The van der Waals surface area contributed by atoms with Gasteiger partial charge < -0.3 is 10.2 Å². The number of fused-ring (bicyclic) bond motifs is 1. The number of hydrogen-bond acceptors (Lipinski definition) is 3. The Morgan fingerprint density at radius 3 is 2.63 bits per heavy atom. The van der Waals surface area contributed by atoms with E-state index < -0.39 is 0 Å². The molecule has 0 radical (unpaired) electrons. The summed E-state index contributed by atoms with van der Waals surface area (Å²) in [5.41, 5.74) is 9.42. The zero-order valence-electron chi connectivity index (χ0n) is 10.1. The van der Waals surface area contributed by atoms with Gasteiger partial charge in [-0.15, -0.1) is 0 Å². The van der Waals surface area contributed by atoms with E-state index in [2.05, 4.69) is 4.98 Å². The van der Waals surface area contributed by atoms with Gasteiger partial charge in [-0.05, 0) is 36.8 Å². The molecule has 19 heavy (non-hydrogen) atoms. The number of nitrogens with zero attached hydrogens (tertiary/aromatic N) is 1. The van der Waals surface area contributed by atoms with Crippen molar-refractivity contribution in [1.29, 1.82) is 0 Å². The highest BCUT2D eigenvalue weighted by Gasteiger charge is 2.16. The first-order chi connectivity index (χ1) is 9.06. The van der Waals surface area contributed by atoms with Gasteiger partial charge in [-0.1, -0.05) is 29.3 Å². The van der Waals surface area contributed by atoms with Crippen LogP contribution in [0.15, 0.2) is 34.7 Å². The second-order valence-corrected chi connectivity index (χ2v) is 5.12. The maximum atomic E-state index is 6.16. The predicted molar refractivity (Wildman–Crippen MR) is 78.6 cm³/mol. The van der Waals surface area contributed by atoms with Crippen LogP contribution in [0.3, 0.4) is 0 Å². The number of oxazole rings is 1. The normalized spacial score (nSPS) is 11.1. The summed E-state index contributed by atoms with van der Waals surface area (Å²) in [6.45, 7) is 1.99. The summed E-state index contributed by atoms with van der Waals surface area (Å²) >= 11 is 12.2. The molecule has 5 heteroatoms. The van der Waals surface area contributed by atoms with Gasteiger partial charge in [-0.2, -0.15) is 0 Å². The maximum Gasteiger partial charge on any atom is 0.230 e. The summed E-state index contributed by atoms with van der Waals surface area (Å²) in [6.07, 6.45) is 0. The lowest BCUT2D eigenvalue weighted by Crippen LogP contribution is -1.92. The first-order valence-electron chi connectivity index (χ1n) is 5.67. The average Bonchev–Trinajstić information content (AvgIpc) is 2.77. The molecular weight excluding hydrogens is 283 g/mol. The van der Waals surface area contributed by atoms with Crippen molar-refractivity contribution in [2.45, 2.75) is 6.92 Å². The number of benzene rings is 2. The Kier molecular flexibility index (Phi) is 2.88. The van der Waals surface area contributed by atoms with Gasteiger partial charge in [-0.25, -0.2) is 4.98 Å². The predicted octanol–water partition coefficient (Wildman–Crippen LogP) is 4.69. The fourth-order valence-corrected chi connectivity index (χ4v) is 2.33. The maximum absolute atomic E-state index is 6.16. The second kappa shape index (κ2) is 4.44. The van der Waals surface area contributed by atoms with Crippen molar-refractivity contribution in [3.05, 3.63) is 45.9 Å². The van der Waals surface area contributed by atoms with Crippen LogP contribution in [-0.2, 0) is 0 Å². The van der Waals surface area contributed by atoms with Crippen LogP contribution in [0.25, 0.3) is 22.6 Å². The molecule has 0 aliphatic carbocycles. The number of nitrogen functional groups attached to an aromatic ring is 1. The van der Waals surface area contributed by atoms with E-state index in [0.29, 0.717) is 32.8 Å². The molecule has 0 aliphatic rings. The van der Waals surface area contributed by atoms with Crippen LogP contribution in [-0.4, -0.2) is 4.98 Å². The van der Waals surface area contributed by atoms with E-state index in [9.17, 15) is 0 Å². The van der Waals surface area contributed by atoms with E-state index in [4.69, 9.17) is 33.4 Å². The third kappa shape index (κ3) is 2.05. The summed E-state index contributed by atoms with van der Waals surface area (Å²) in [7, 11) is 0. The molecule has 0 unspecified atom stereocenters. The molecule has 1 heterocycles. The summed E-state index contributed by atoms with van der Waals surface area (Å²) < 4.78 is 5.69. The molecule has 0 spiro atoms. The van der Waals surface area contributed by atoms with Crippen LogP contribution in [0.4, 0.5) is 5.69 Å². The third-order valence-corrected chi connectivity index (χ3v) is 3.54. The molecule has 2 N–H and O–H groups in total. The van der Waals surface area contributed by atoms with Crippen molar-refractivity contribution in [2.75, 3.05) is 5.73 Å². The zero-order chi connectivity index (χ0) is 13.6. The fourth-order valence-electron chi connectivity index (χ4n) is 1.93. The average molecular weight is 293 g/mol. The Hall–Kier alpha value is -1.71. The summed E-state index contributed by atoms with van der Waals surface area (Å²) in [4.78, 5) is 4.42. The van der Waals surface area contributed by atoms with E-state index in [0.717, 1.165) is 11.1 Å².